The molecule has 0 aromatic rings. The van der Waals surface area contributed by atoms with Gasteiger partial charge in [-0.15, -0.1) is 0 Å². The number of amides is 1. The number of carbonyl (C=O) groups is 2. The number of carboxylic acid groups (broad SMARTS) is 1. The Kier molecular flexibility index (Phi) is 6.12. The molecule has 0 saturated heterocycles. The average Bonchev–Trinajstić information content (AvgIpc) is 2.34. The predicted molar refractivity (Wildman–Crippen MR) is 67.2 cm³/mol. The highest BCUT2D eigenvalue weighted by molar-refractivity contribution is 5.82. The van der Waals surface area contributed by atoms with Crippen molar-refractivity contribution in [3.63, 3.8) is 0 Å². The summed E-state index contributed by atoms with van der Waals surface area (Å²) in [7, 11) is 0. The second kappa shape index (κ2) is 7.36. The second-order valence-corrected chi connectivity index (χ2v) is 5.06. The first-order valence-corrected chi connectivity index (χ1v) is 6.62. The van der Waals surface area contributed by atoms with E-state index in [9.17, 15) is 9.59 Å². The number of hydrogen-bond donors (Lipinski definition) is 2. The zero-order chi connectivity index (χ0) is 13.5. The van der Waals surface area contributed by atoms with Gasteiger partial charge in [0.05, 0.1) is 6.10 Å². The van der Waals surface area contributed by atoms with E-state index in [0.29, 0.717) is 12.5 Å². The fourth-order valence-electron chi connectivity index (χ4n) is 2.34. The lowest BCUT2D eigenvalue weighted by Gasteiger charge is -2.26. The maximum absolute atomic E-state index is 11.0. The van der Waals surface area contributed by atoms with Gasteiger partial charge in [-0.1, -0.05) is 19.3 Å². The van der Waals surface area contributed by atoms with E-state index >= 15 is 0 Å². The number of ether oxygens (including phenoxy) is 1. The van der Waals surface area contributed by atoms with Crippen LogP contribution >= 0.6 is 0 Å². The molecular weight excluding hydrogens is 234 g/mol. The van der Waals surface area contributed by atoms with E-state index in [0.717, 1.165) is 12.8 Å². The van der Waals surface area contributed by atoms with Gasteiger partial charge in [-0.2, -0.15) is 0 Å². The first kappa shape index (κ1) is 15.0. The lowest BCUT2D eigenvalue weighted by atomic mass is 9.90. The number of carboxylic acids is 1. The molecule has 0 aromatic carbocycles. The Morgan fingerprint density at radius 3 is 2.44 bits per heavy atom. The van der Waals surface area contributed by atoms with Gasteiger partial charge in [-0.25, -0.2) is 4.79 Å². The third kappa shape index (κ3) is 5.04. The van der Waals surface area contributed by atoms with Crippen molar-refractivity contribution in [3.05, 3.63) is 0 Å². The molecule has 0 spiro atoms. The summed E-state index contributed by atoms with van der Waals surface area (Å²) in [6, 6.07) is -0.967. The molecule has 104 valence electrons. The van der Waals surface area contributed by atoms with E-state index in [1.165, 1.54) is 26.2 Å². The monoisotopic (exact) mass is 257 g/mol. The van der Waals surface area contributed by atoms with Crippen molar-refractivity contribution >= 4 is 11.9 Å². The summed E-state index contributed by atoms with van der Waals surface area (Å²) in [6.07, 6.45) is 5.56. The van der Waals surface area contributed by atoms with Crippen molar-refractivity contribution in [1.82, 2.24) is 5.32 Å². The lowest BCUT2D eigenvalue weighted by molar-refractivity contribution is -0.146. The maximum atomic E-state index is 11.0. The molecule has 0 unspecified atom stereocenters. The Morgan fingerprint density at radius 2 is 1.94 bits per heavy atom. The first-order valence-electron chi connectivity index (χ1n) is 6.62. The molecule has 2 N–H and O–H groups in total. The number of carbonyl (C=O) groups excluding carboxylic acids is 1. The SMILES string of the molecule is CC(=O)N[C@@H](C(=O)O)[C@H](C)OCC1CCCCC1. The molecule has 0 radical (unpaired) electrons. The van der Waals surface area contributed by atoms with E-state index in [1.807, 2.05) is 0 Å². The highest BCUT2D eigenvalue weighted by Gasteiger charge is 2.27. The van der Waals surface area contributed by atoms with Gasteiger partial charge in [0.2, 0.25) is 5.91 Å². The van der Waals surface area contributed by atoms with Gasteiger partial charge in [0.15, 0.2) is 6.04 Å². The van der Waals surface area contributed by atoms with Gasteiger partial charge in [0, 0.05) is 13.5 Å². The predicted octanol–water partition coefficient (Wildman–Crippen LogP) is 1.56. The van der Waals surface area contributed by atoms with E-state index < -0.39 is 18.1 Å². The minimum absolute atomic E-state index is 0.351. The van der Waals surface area contributed by atoms with E-state index in [2.05, 4.69) is 5.32 Å². The van der Waals surface area contributed by atoms with E-state index in [-0.39, 0.29) is 5.91 Å². The van der Waals surface area contributed by atoms with E-state index in [1.54, 1.807) is 6.92 Å². The summed E-state index contributed by atoms with van der Waals surface area (Å²) in [5.74, 6) is -0.871. The van der Waals surface area contributed by atoms with Gasteiger partial charge >= 0.3 is 5.97 Å². The Labute approximate surface area is 108 Å². The highest BCUT2D eigenvalue weighted by Crippen LogP contribution is 2.24. The molecule has 1 rings (SSSR count). The van der Waals surface area contributed by atoms with Crippen LogP contribution in [0.2, 0.25) is 0 Å². The molecule has 1 amide bonds. The Hall–Kier alpha value is -1.10. The normalized spacial score (nSPS) is 20.1. The van der Waals surface area contributed by atoms with Crippen LogP contribution < -0.4 is 5.32 Å². The van der Waals surface area contributed by atoms with Crippen LogP contribution in [-0.4, -0.2) is 35.7 Å². The molecule has 0 heterocycles. The van der Waals surface area contributed by atoms with Crippen molar-refractivity contribution in [1.29, 1.82) is 0 Å². The van der Waals surface area contributed by atoms with Crippen LogP contribution in [0.1, 0.15) is 46.0 Å². The van der Waals surface area contributed by atoms with Crippen LogP contribution in [0, 0.1) is 5.92 Å². The topological polar surface area (TPSA) is 75.6 Å². The van der Waals surface area contributed by atoms with Crippen LogP contribution in [0.15, 0.2) is 0 Å². The van der Waals surface area contributed by atoms with Gasteiger partial charge in [-0.05, 0) is 25.7 Å². The summed E-state index contributed by atoms with van der Waals surface area (Å²) in [5.41, 5.74) is 0. The summed E-state index contributed by atoms with van der Waals surface area (Å²) in [5, 5.41) is 11.4. The first-order chi connectivity index (χ1) is 8.50. The summed E-state index contributed by atoms with van der Waals surface area (Å²) < 4.78 is 5.61. The highest BCUT2D eigenvalue weighted by atomic mass is 16.5. The molecule has 5 heteroatoms. The summed E-state index contributed by atoms with van der Waals surface area (Å²) in [6.45, 7) is 3.59. The molecule has 18 heavy (non-hydrogen) atoms. The van der Waals surface area contributed by atoms with E-state index in [4.69, 9.17) is 9.84 Å². The molecule has 0 aliphatic heterocycles. The molecular formula is C13H23NO4. The smallest absolute Gasteiger partial charge is 0.328 e. The zero-order valence-electron chi connectivity index (χ0n) is 11.1. The summed E-state index contributed by atoms with van der Waals surface area (Å²) >= 11 is 0. The molecule has 0 aromatic heterocycles. The van der Waals surface area contributed by atoms with Gasteiger partial charge < -0.3 is 15.2 Å². The third-order valence-corrected chi connectivity index (χ3v) is 3.41. The minimum atomic E-state index is -1.05. The number of rotatable bonds is 6. The number of hydrogen-bond acceptors (Lipinski definition) is 3. The summed E-state index contributed by atoms with van der Waals surface area (Å²) in [4.78, 5) is 22.0. The molecule has 1 saturated carbocycles. The Balaban J connectivity index is 2.37. The van der Waals surface area contributed by atoms with Crippen LogP contribution in [0.4, 0.5) is 0 Å². The minimum Gasteiger partial charge on any atom is -0.480 e. The molecule has 1 aliphatic rings. The van der Waals surface area contributed by atoms with Gasteiger partial charge in [0.25, 0.3) is 0 Å². The fraction of sp³-hybridized carbons (Fsp3) is 0.846. The van der Waals surface area contributed by atoms with Crippen molar-refractivity contribution in [2.75, 3.05) is 6.61 Å². The van der Waals surface area contributed by atoms with Crippen molar-refractivity contribution in [3.8, 4) is 0 Å². The average molecular weight is 257 g/mol. The van der Waals surface area contributed by atoms with Crippen LogP contribution in [0.3, 0.4) is 0 Å². The molecule has 1 aliphatic carbocycles. The Morgan fingerprint density at radius 1 is 1.33 bits per heavy atom. The standard InChI is InChI=1S/C13H23NO4/c1-9(12(13(16)17)14-10(2)15)18-8-11-6-4-3-5-7-11/h9,11-12H,3-8H2,1-2H3,(H,14,15)(H,16,17)/t9-,12+/m0/s1. The lowest BCUT2D eigenvalue weighted by Crippen LogP contribution is -2.48. The number of aliphatic carboxylic acids is 1. The van der Waals surface area contributed by atoms with Gasteiger partial charge in [-0.3, -0.25) is 4.79 Å². The van der Waals surface area contributed by atoms with Crippen molar-refractivity contribution in [2.45, 2.75) is 58.1 Å². The molecule has 5 nitrogen and oxygen atoms in total. The Bertz CT molecular complexity index is 287. The van der Waals surface area contributed by atoms with Gasteiger partial charge in [0.1, 0.15) is 0 Å². The maximum Gasteiger partial charge on any atom is 0.328 e. The van der Waals surface area contributed by atoms with Crippen LogP contribution in [0.25, 0.3) is 0 Å². The van der Waals surface area contributed by atoms with Crippen molar-refractivity contribution < 1.29 is 19.4 Å². The van der Waals surface area contributed by atoms with Crippen molar-refractivity contribution in [2.24, 2.45) is 5.92 Å². The molecule has 1 fully saturated rings. The third-order valence-electron chi connectivity index (χ3n) is 3.41. The quantitative estimate of drug-likeness (QED) is 0.757. The molecule has 0 bridgehead atoms. The molecule has 2 atom stereocenters. The largest absolute Gasteiger partial charge is 0.480 e. The zero-order valence-corrected chi connectivity index (χ0v) is 11.1. The van der Waals surface area contributed by atoms with Crippen LogP contribution in [-0.2, 0) is 14.3 Å². The van der Waals surface area contributed by atoms with Crippen LogP contribution in [0.5, 0.6) is 0 Å². The fourth-order valence-corrected chi connectivity index (χ4v) is 2.34. The second-order valence-electron chi connectivity index (χ2n) is 5.06. The number of nitrogens with one attached hydrogen (secondary N) is 1.